The maximum absolute atomic E-state index is 6.47. The van der Waals surface area contributed by atoms with Gasteiger partial charge < -0.3 is 5.73 Å². The molecule has 2 atom stereocenters. The van der Waals surface area contributed by atoms with E-state index in [-0.39, 0.29) is 0 Å². The van der Waals surface area contributed by atoms with E-state index in [9.17, 15) is 0 Å². The molecule has 1 saturated heterocycles. The lowest BCUT2D eigenvalue weighted by atomic mass is 9.48. The molecule has 0 aromatic carbocycles. The molecular weight excluding hydrogens is 244 g/mol. The molecule has 5 rings (SSSR count). The molecule has 1 heterocycles. The van der Waals surface area contributed by atoms with Crippen molar-refractivity contribution in [3.8, 4) is 0 Å². The minimum atomic E-state index is 0.385. The normalized spacial score (nSPS) is 55.4. The van der Waals surface area contributed by atoms with Crippen LogP contribution in [-0.2, 0) is 0 Å². The molecule has 0 aromatic heterocycles. The van der Waals surface area contributed by atoms with Crippen molar-refractivity contribution < 1.29 is 0 Å². The largest absolute Gasteiger partial charge is 0.329 e. The van der Waals surface area contributed by atoms with Gasteiger partial charge in [0.05, 0.1) is 0 Å². The van der Waals surface area contributed by atoms with E-state index in [0.717, 1.165) is 42.1 Å². The highest BCUT2D eigenvalue weighted by Crippen LogP contribution is 2.60. The van der Waals surface area contributed by atoms with E-state index < -0.39 is 0 Å². The van der Waals surface area contributed by atoms with E-state index in [1.807, 2.05) is 0 Å². The first kappa shape index (κ1) is 13.6. The number of nitrogens with two attached hydrogens (primary N) is 1. The van der Waals surface area contributed by atoms with Crippen molar-refractivity contribution in [1.82, 2.24) is 4.90 Å². The van der Waals surface area contributed by atoms with Gasteiger partial charge in [0.15, 0.2) is 0 Å². The monoisotopic (exact) mass is 276 g/mol. The zero-order valence-corrected chi connectivity index (χ0v) is 13.4. The lowest BCUT2D eigenvalue weighted by Gasteiger charge is -2.65. The molecule has 4 saturated carbocycles. The van der Waals surface area contributed by atoms with Gasteiger partial charge in [-0.1, -0.05) is 13.8 Å². The van der Waals surface area contributed by atoms with Gasteiger partial charge >= 0.3 is 0 Å². The van der Waals surface area contributed by atoms with Crippen LogP contribution < -0.4 is 5.73 Å². The second kappa shape index (κ2) is 4.71. The van der Waals surface area contributed by atoms with Crippen LogP contribution in [0.2, 0.25) is 0 Å². The summed E-state index contributed by atoms with van der Waals surface area (Å²) >= 11 is 0. The summed E-state index contributed by atoms with van der Waals surface area (Å²) in [5, 5.41) is 0. The molecule has 5 fully saturated rings. The summed E-state index contributed by atoms with van der Waals surface area (Å²) in [5.74, 6) is 5.66. The molecule has 0 spiro atoms. The van der Waals surface area contributed by atoms with Crippen molar-refractivity contribution in [2.24, 2.45) is 41.2 Å². The molecule has 2 nitrogen and oxygen atoms in total. The Bertz CT molecular complexity index is 340. The SMILES string of the molecule is CC1CC(C)CN(C2(CN)C3CC4CC(C3)CC2C4)C1. The Morgan fingerprint density at radius 3 is 1.80 bits per heavy atom. The van der Waals surface area contributed by atoms with Crippen LogP contribution in [0.15, 0.2) is 0 Å². The Hall–Kier alpha value is -0.0800. The summed E-state index contributed by atoms with van der Waals surface area (Å²) in [4.78, 5) is 2.89. The number of nitrogens with zero attached hydrogens (tertiary/aromatic N) is 1. The molecule has 2 heteroatoms. The fraction of sp³-hybridized carbons (Fsp3) is 1.00. The molecule has 4 bridgehead atoms. The van der Waals surface area contributed by atoms with Crippen molar-refractivity contribution in [3.63, 3.8) is 0 Å². The summed E-state index contributed by atoms with van der Waals surface area (Å²) in [7, 11) is 0. The fourth-order valence-corrected chi connectivity index (χ4v) is 6.98. The third-order valence-electron chi connectivity index (χ3n) is 7.34. The fourth-order valence-electron chi connectivity index (χ4n) is 6.98. The molecule has 0 aromatic rings. The standard InChI is InChI=1S/C18H32N2/c1-12-3-13(2)10-20(9-12)18(11-19)16-5-14-4-15(7-16)8-17(18)6-14/h12-17H,3-11,19H2,1-2H3. The van der Waals surface area contributed by atoms with Gasteiger partial charge in [0.1, 0.15) is 0 Å². The minimum Gasteiger partial charge on any atom is -0.329 e. The van der Waals surface area contributed by atoms with E-state index in [1.54, 1.807) is 6.42 Å². The first-order chi connectivity index (χ1) is 9.61. The first-order valence-corrected chi connectivity index (χ1v) is 9.07. The maximum Gasteiger partial charge on any atom is 0.0388 e. The average Bonchev–Trinajstić information content (AvgIpc) is 2.37. The van der Waals surface area contributed by atoms with Crippen molar-refractivity contribution in [2.75, 3.05) is 19.6 Å². The van der Waals surface area contributed by atoms with Gasteiger partial charge in [-0.15, -0.1) is 0 Å². The van der Waals surface area contributed by atoms with Gasteiger partial charge in [-0.05, 0) is 74.0 Å². The second-order valence-electron chi connectivity index (χ2n) is 8.85. The summed E-state index contributed by atoms with van der Waals surface area (Å²) < 4.78 is 0. The Morgan fingerprint density at radius 2 is 1.35 bits per heavy atom. The zero-order valence-electron chi connectivity index (χ0n) is 13.4. The molecule has 0 amide bonds. The highest BCUT2D eigenvalue weighted by Gasteiger charge is 2.59. The molecule has 2 N–H and O–H groups in total. The average molecular weight is 276 g/mol. The summed E-state index contributed by atoms with van der Waals surface area (Å²) in [6.07, 6.45) is 8.91. The van der Waals surface area contributed by atoms with E-state index in [4.69, 9.17) is 5.73 Å². The Morgan fingerprint density at radius 1 is 0.850 bits per heavy atom. The molecule has 2 unspecified atom stereocenters. The number of hydrogen-bond acceptors (Lipinski definition) is 2. The molecule has 1 aliphatic heterocycles. The zero-order chi connectivity index (χ0) is 13.9. The Kier molecular flexibility index (Phi) is 3.20. The molecular formula is C18H32N2. The van der Waals surface area contributed by atoms with Crippen molar-refractivity contribution in [3.05, 3.63) is 0 Å². The lowest BCUT2D eigenvalue weighted by molar-refractivity contribution is -0.145. The van der Waals surface area contributed by atoms with Gasteiger partial charge in [0, 0.05) is 25.2 Å². The molecule has 20 heavy (non-hydrogen) atoms. The van der Waals surface area contributed by atoms with Crippen LogP contribution in [0.3, 0.4) is 0 Å². The highest BCUT2D eigenvalue weighted by atomic mass is 15.2. The van der Waals surface area contributed by atoms with Crippen LogP contribution in [0, 0.1) is 35.5 Å². The third-order valence-corrected chi connectivity index (χ3v) is 7.34. The smallest absolute Gasteiger partial charge is 0.0388 e. The third kappa shape index (κ3) is 1.83. The van der Waals surface area contributed by atoms with E-state index in [2.05, 4.69) is 18.7 Å². The lowest BCUT2D eigenvalue weighted by Crippen LogP contribution is -2.71. The van der Waals surface area contributed by atoms with Gasteiger partial charge in [-0.25, -0.2) is 0 Å². The minimum absolute atomic E-state index is 0.385. The van der Waals surface area contributed by atoms with Crippen molar-refractivity contribution in [1.29, 1.82) is 0 Å². The van der Waals surface area contributed by atoms with Crippen LogP contribution in [0.4, 0.5) is 0 Å². The van der Waals surface area contributed by atoms with Gasteiger partial charge in [0.25, 0.3) is 0 Å². The van der Waals surface area contributed by atoms with Crippen LogP contribution in [-0.4, -0.2) is 30.1 Å². The van der Waals surface area contributed by atoms with Gasteiger partial charge in [-0.3, -0.25) is 4.90 Å². The molecule has 4 aliphatic carbocycles. The van der Waals surface area contributed by atoms with Gasteiger partial charge in [0.2, 0.25) is 0 Å². The van der Waals surface area contributed by atoms with E-state index >= 15 is 0 Å². The van der Waals surface area contributed by atoms with Crippen LogP contribution in [0.25, 0.3) is 0 Å². The Balaban J connectivity index is 1.65. The number of piperidine rings is 1. The van der Waals surface area contributed by atoms with Crippen molar-refractivity contribution in [2.45, 2.75) is 57.9 Å². The number of hydrogen-bond donors (Lipinski definition) is 1. The predicted octanol–water partition coefficient (Wildman–Crippen LogP) is 3.12. The highest BCUT2D eigenvalue weighted by molar-refractivity contribution is 5.13. The summed E-state index contributed by atoms with van der Waals surface area (Å²) in [6.45, 7) is 8.43. The predicted molar refractivity (Wildman–Crippen MR) is 83.3 cm³/mol. The van der Waals surface area contributed by atoms with E-state index in [0.29, 0.717) is 5.54 Å². The van der Waals surface area contributed by atoms with Crippen LogP contribution >= 0.6 is 0 Å². The molecule has 114 valence electrons. The molecule has 5 aliphatic rings. The topological polar surface area (TPSA) is 29.3 Å². The Labute approximate surface area is 124 Å². The summed E-state index contributed by atoms with van der Waals surface area (Å²) in [6, 6.07) is 0. The van der Waals surface area contributed by atoms with E-state index in [1.165, 1.54) is 45.2 Å². The second-order valence-corrected chi connectivity index (χ2v) is 8.85. The molecule has 0 radical (unpaired) electrons. The maximum atomic E-state index is 6.47. The van der Waals surface area contributed by atoms with Gasteiger partial charge in [-0.2, -0.15) is 0 Å². The van der Waals surface area contributed by atoms with Crippen LogP contribution in [0.5, 0.6) is 0 Å². The number of rotatable bonds is 2. The van der Waals surface area contributed by atoms with Crippen molar-refractivity contribution >= 4 is 0 Å². The summed E-state index contributed by atoms with van der Waals surface area (Å²) in [5.41, 5.74) is 6.85. The quantitative estimate of drug-likeness (QED) is 0.839. The first-order valence-electron chi connectivity index (χ1n) is 9.07. The number of likely N-dealkylation sites (tertiary alicyclic amines) is 1. The van der Waals surface area contributed by atoms with Crippen LogP contribution in [0.1, 0.15) is 52.4 Å².